The monoisotopic (exact) mass is 270 g/mol. The van der Waals surface area contributed by atoms with Crippen LogP contribution in [0.15, 0.2) is 18.3 Å². The molecule has 106 valence electrons. The smallest absolute Gasteiger partial charge is 0.132 e. The van der Waals surface area contributed by atoms with E-state index in [1.165, 1.54) is 12.8 Å². The summed E-state index contributed by atoms with van der Waals surface area (Å²) in [5.41, 5.74) is 9.22. The van der Waals surface area contributed by atoms with Crippen LogP contribution in [0.2, 0.25) is 0 Å². The van der Waals surface area contributed by atoms with Crippen LogP contribution in [0.4, 0.5) is 5.82 Å². The molecule has 2 heterocycles. The standard InChI is InChI=1S/C16H22N4/c1-10-5-6-12(9-18-10)13-14(17)20(16(2,3)4)15(19-13)11-7-8-11/h5-6,9,11H,7-8,17H2,1-4H3. The number of nitrogens with zero attached hydrogens (tertiary/aromatic N) is 3. The fraction of sp³-hybridized carbons (Fsp3) is 0.500. The summed E-state index contributed by atoms with van der Waals surface area (Å²) < 4.78 is 2.19. The van der Waals surface area contributed by atoms with E-state index in [9.17, 15) is 0 Å². The molecule has 0 spiro atoms. The van der Waals surface area contributed by atoms with E-state index in [0.717, 1.165) is 28.6 Å². The minimum absolute atomic E-state index is 0.0502. The van der Waals surface area contributed by atoms with Gasteiger partial charge in [0, 0.05) is 28.9 Å². The molecule has 1 aliphatic carbocycles. The molecule has 0 unspecified atom stereocenters. The van der Waals surface area contributed by atoms with Gasteiger partial charge in [-0.25, -0.2) is 4.98 Å². The SMILES string of the molecule is Cc1ccc(-c2nc(C3CC3)n(C(C)(C)C)c2N)cn1. The van der Waals surface area contributed by atoms with Gasteiger partial charge < -0.3 is 10.3 Å². The Balaban J connectivity index is 2.15. The van der Waals surface area contributed by atoms with Crippen molar-refractivity contribution in [3.05, 3.63) is 29.8 Å². The second-order valence-electron chi connectivity index (χ2n) is 6.67. The second-order valence-corrected chi connectivity index (χ2v) is 6.67. The highest BCUT2D eigenvalue weighted by Crippen LogP contribution is 2.44. The number of anilines is 1. The Labute approximate surface area is 120 Å². The maximum absolute atomic E-state index is 6.40. The molecule has 2 aromatic rings. The first-order valence-corrected chi connectivity index (χ1v) is 7.19. The van der Waals surface area contributed by atoms with Gasteiger partial charge in [-0.2, -0.15) is 0 Å². The van der Waals surface area contributed by atoms with Crippen LogP contribution >= 0.6 is 0 Å². The lowest BCUT2D eigenvalue weighted by molar-refractivity contribution is 0.388. The van der Waals surface area contributed by atoms with Crippen molar-refractivity contribution in [1.82, 2.24) is 14.5 Å². The fourth-order valence-corrected chi connectivity index (χ4v) is 2.59. The summed E-state index contributed by atoms with van der Waals surface area (Å²) in [5, 5.41) is 0. The summed E-state index contributed by atoms with van der Waals surface area (Å²) in [6, 6.07) is 4.05. The van der Waals surface area contributed by atoms with Crippen LogP contribution in [0.3, 0.4) is 0 Å². The molecule has 2 aromatic heterocycles. The molecule has 20 heavy (non-hydrogen) atoms. The van der Waals surface area contributed by atoms with Gasteiger partial charge in [-0.3, -0.25) is 4.98 Å². The van der Waals surface area contributed by atoms with E-state index < -0.39 is 0 Å². The minimum Gasteiger partial charge on any atom is -0.383 e. The number of nitrogens with two attached hydrogens (primary N) is 1. The predicted molar refractivity (Wildman–Crippen MR) is 81.6 cm³/mol. The number of hydrogen-bond donors (Lipinski definition) is 1. The zero-order valence-corrected chi connectivity index (χ0v) is 12.6. The third-order valence-corrected chi connectivity index (χ3v) is 3.74. The molecule has 0 radical (unpaired) electrons. The first kappa shape index (κ1) is 13.2. The Bertz CT molecular complexity index is 628. The quantitative estimate of drug-likeness (QED) is 0.909. The molecule has 1 saturated carbocycles. The molecular weight excluding hydrogens is 248 g/mol. The van der Waals surface area contributed by atoms with Gasteiger partial charge in [0.1, 0.15) is 17.3 Å². The summed E-state index contributed by atoms with van der Waals surface area (Å²) in [4.78, 5) is 9.19. The highest BCUT2D eigenvalue weighted by Gasteiger charge is 2.34. The van der Waals surface area contributed by atoms with Crippen molar-refractivity contribution < 1.29 is 0 Å². The highest BCUT2D eigenvalue weighted by molar-refractivity contribution is 5.71. The molecular formula is C16H22N4. The molecule has 4 nitrogen and oxygen atoms in total. The van der Waals surface area contributed by atoms with E-state index in [-0.39, 0.29) is 5.54 Å². The normalized spacial score (nSPS) is 15.6. The fourth-order valence-electron chi connectivity index (χ4n) is 2.59. The zero-order valence-electron chi connectivity index (χ0n) is 12.6. The van der Waals surface area contributed by atoms with Crippen LogP contribution in [0.1, 0.15) is 51.0 Å². The maximum atomic E-state index is 6.40. The molecule has 0 saturated heterocycles. The van der Waals surface area contributed by atoms with Crippen molar-refractivity contribution in [3.63, 3.8) is 0 Å². The Morgan fingerprint density at radius 1 is 1.25 bits per heavy atom. The van der Waals surface area contributed by atoms with Crippen LogP contribution < -0.4 is 5.73 Å². The van der Waals surface area contributed by atoms with E-state index >= 15 is 0 Å². The van der Waals surface area contributed by atoms with Gasteiger partial charge in [0.05, 0.1) is 0 Å². The number of imidazole rings is 1. The molecule has 0 atom stereocenters. The van der Waals surface area contributed by atoms with Gasteiger partial charge in [-0.1, -0.05) is 0 Å². The van der Waals surface area contributed by atoms with Crippen molar-refractivity contribution in [2.75, 3.05) is 5.73 Å². The number of aryl methyl sites for hydroxylation is 1. The third-order valence-electron chi connectivity index (χ3n) is 3.74. The van der Waals surface area contributed by atoms with Crippen molar-refractivity contribution in [1.29, 1.82) is 0 Å². The molecule has 4 heteroatoms. The number of pyridine rings is 1. The predicted octanol–water partition coefficient (Wildman–Crippen LogP) is 3.47. The number of aromatic nitrogens is 3. The van der Waals surface area contributed by atoms with Crippen molar-refractivity contribution in [2.45, 2.75) is 52.0 Å². The van der Waals surface area contributed by atoms with Gasteiger partial charge in [0.2, 0.25) is 0 Å². The van der Waals surface area contributed by atoms with Gasteiger partial charge in [0.25, 0.3) is 0 Å². The molecule has 3 rings (SSSR count). The first-order chi connectivity index (χ1) is 9.38. The molecule has 2 N–H and O–H groups in total. The Morgan fingerprint density at radius 2 is 1.95 bits per heavy atom. The van der Waals surface area contributed by atoms with Crippen molar-refractivity contribution >= 4 is 5.82 Å². The van der Waals surface area contributed by atoms with Crippen molar-refractivity contribution in [3.8, 4) is 11.3 Å². The summed E-state index contributed by atoms with van der Waals surface area (Å²) in [6.07, 6.45) is 4.30. The van der Waals surface area contributed by atoms with E-state index in [1.54, 1.807) is 0 Å². The average molecular weight is 270 g/mol. The van der Waals surface area contributed by atoms with Crippen LogP contribution in [0, 0.1) is 6.92 Å². The lowest BCUT2D eigenvalue weighted by Crippen LogP contribution is -2.25. The molecule has 0 bridgehead atoms. The van der Waals surface area contributed by atoms with E-state index in [1.807, 2.05) is 25.3 Å². The second kappa shape index (κ2) is 4.33. The summed E-state index contributed by atoms with van der Waals surface area (Å²) in [7, 11) is 0. The van der Waals surface area contributed by atoms with Crippen LogP contribution in [0.25, 0.3) is 11.3 Å². The summed E-state index contributed by atoms with van der Waals surface area (Å²) in [6.45, 7) is 8.51. The lowest BCUT2D eigenvalue weighted by atomic mass is 10.1. The first-order valence-electron chi connectivity index (χ1n) is 7.19. The van der Waals surface area contributed by atoms with Crippen LogP contribution in [-0.2, 0) is 5.54 Å². The lowest BCUT2D eigenvalue weighted by Gasteiger charge is -2.25. The van der Waals surface area contributed by atoms with Gasteiger partial charge in [-0.05, 0) is 52.7 Å². The average Bonchev–Trinajstić information content (AvgIpc) is 3.13. The zero-order chi connectivity index (χ0) is 14.5. The topological polar surface area (TPSA) is 56.7 Å². The van der Waals surface area contributed by atoms with Crippen LogP contribution in [0.5, 0.6) is 0 Å². The Morgan fingerprint density at radius 3 is 2.45 bits per heavy atom. The van der Waals surface area contributed by atoms with E-state index in [0.29, 0.717) is 5.92 Å². The van der Waals surface area contributed by atoms with Crippen LogP contribution in [-0.4, -0.2) is 14.5 Å². The third kappa shape index (κ3) is 2.19. The van der Waals surface area contributed by atoms with E-state index in [2.05, 4.69) is 30.3 Å². The highest BCUT2D eigenvalue weighted by atomic mass is 15.2. The maximum Gasteiger partial charge on any atom is 0.132 e. The summed E-state index contributed by atoms with van der Waals surface area (Å²) >= 11 is 0. The molecule has 1 fully saturated rings. The molecule has 0 aromatic carbocycles. The minimum atomic E-state index is -0.0502. The van der Waals surface area contributed by atoms with Crippen molar-refractivity contribution in [2.24, 2.45) is 0 Å². The van der Waals surface area contributed by atoms with E-state index in [4.69, 9.17) is 10.7 Å². The van der Waals surface area contributed by atoms with Gasteiger partial charge in [-0.15, -0.1) is 0 Å². The number of hydrogen-bond acceptors (Lipinski definition) is 3. The molecule has 0 aliphatic heterocycles. The number of rotatable bonds is 2. The number of nitrogen functional groups attached to an aromatic ring is 1. The van der Waals surface area contributed by atoms with Gasteiger partial charge >= 0.3 is 0 Å². The molecule has 1 aliphatic rings. The Hall–Kier alpha value is -1.84. The Kier molecular flexibility index (Phi) is 2.85. The molecule has 0 amide bonds. The summed E-state index contributed by atoms with van der Waals surface area (Å²) in [5.74, 6) is 2.46. The van der Waals surface area contributed by atoms with Gasteiger partial charge in [0.15, 0.2) is 0 Å². The largest absolute Gasteiger partial charge is 0.383 e.